The predicted molar refractivity (Wildman–Crippen MR) is 89.3 cm³/mol. The van der Waals surface area contributed by atoms with E-state index in [4.69, 9.17) is 33.4 Å². The summed E-state index contributed by atoms with van der Waals surface area (Å²) in [6.45, 7) is 5.98. The number of halogens is 2. The molecule has 0 radical (unpaired) electrons. The lowest BCUT2D eigenvalue weighted by molar-refractivity contribution is 0.473. The van der Waals surface area contributed by atoms with Crippen LogP contribution in [0, 0.1) is 13.8 Å². The maximum absolute atomic E-state index is 6.17. The Morgan fingerprint density at radius 3 is 2.73 bits per heavy atom. The fourth-order valence-corrected chi connectivity index (χ4v) is 2.53. The third-order valence-corrected chi connectivity index (χ3v) is 3.81. The highest BCUT2D eigenvalue weighted by Crippen LogP contribution is 2.25. The number of hydrogen-bond acceptors (Lipinski definition) is 3. The molecule has 0 aliphatic carbocycles. The van der Waals surface area contributed by atoms with Crippen LogP contribution in [0.15, 0.2) is 27.6 Å². The molecule has 0 amide bonds. The fraction of sp³-hybridized carbons (Fsp3) is 0.333. The van der Waals surface area contributed by atoms with Crippen molar-refractivity contribution < 1.29 is 4.42 Å². The van der Waals surface area contributed by atoms with Crippen molar-refractivity contribution >= 4 is 29.2 Å². The van der Waals surface area contributed by atoms with Crippen LogP contribution >= 0.6 is 23.2 Å². The Morgan fingerprint density at radius 1 is 1.41 bits per heavy atom. The molecule has 0 aliphatic rings. The number of aliphatic imine (C=N–C) groups is 1. The van der Waals surface area contributed by atoms with E-state index in [1.165, 1.54) is 0 Å². The van der Waals surface area contributed by atoms with Gasteiger partial charge in [-0.25, -0.2) is 9.98 Å². The zero-order valence-corrected chi connectivity index (χ0v) is 14.2. The van der Waals surface area contributed by atoms with Crippen molar-refractivity contribution in [3.8, 4) is 0 Å². The van der Waals surface area contributed by atoms with Crippen LogP contribution in [0.4, 0.5) is 0 Å². The smallest absolute Gasteiger partial charge is 0.216 e. The van der Waals surface area contributed by atoms with Gasteiger partial charge < -0.3 is 15.5 Å². The van der Waals surface area contributed by atoms with E-state index in [0.29, 0.717) is 21.9 Å². The van der Waals surface area contributed by atoms with Crippen LogP contribution in [0.3, 0.4) is 0 Å². The van der Waals surface area contributed by atoms with Gasteiger partial charge in [-0.05, 0) is 38.5 Å². The number of rotatable bonds is 4. The van der Waals surface area contributed by atoms with E-state index >= 15 is 0 Å². The predicted octanol–water partition coefficient (Wildman–Crippen LogP) is 3.76. The molecule has 2 rings (SSSR count). The SMILES string of the molecule is Cc1nc(CN=C(N)NC(C)c2ccc(Cl)cc2Cl)oc1C. The number of nitrogens with one attached hydrogen (secondary N) is 1. The quantitative estimate of drug-likeness (QED) is 0.656. The fourth-order valence-electron chi connectivity index (χ4n) is 1.96. The molecule has 0 fully saturated rings. The van der Waals surface area contributed by atoms with E-state index in [9.17, 15) is 0 Å². The molecule has 1 atom stereocenters. The average molecular weight is 341 g/mol. The van der Waals surface area contributed by atoms with Crippen LogP contribution in [-0.4, -0.2) is 10.9 Å². The Morgan fingerprint density at radius 2 is 2.14 bits per heavy atom. The Bertz CT molecular complexity index is 677. The molecule has 0 spiro atoms. The number of hydrogen-bond donors (Lipinski definition) is 2. The highest BCUT2D eigenvalue weighted by Gasteiger charge is 2.11. The van der Waals surface area contributed by atoms with Gasteiger partial charge in [-0.3, -0.25) is 0 Å². The summed E-state index contributed by atoms with van der Waals surface area (Å²) in [7, 11) is 0. The molecular formula is C15H18Cl2N4O. The third-order valence-electron chi connectivity index (χ3n) is 3.25. The molecule has 2 aromatic rings. The lowest BCUT2D eigenvalue weighted by Gasteiger charge is -2.16. The molecule has 0 saturated carbocycles. The first-order valence-corrected chi connectivity index (χ1v) is 7.56. The summed E-state index contributed by atoms with van der Waals surface area (Å²) in [6.07, 6.45) is 0. The zero-order chi connectivity index (χ0) is 16.3. The molecule has 0 bridgehead atoms. The van der Waals surface area contributed by atoms with E-state index in [-0.39, 0.29) is 12.6 Å². The summed E-state index contributed by atoms with van der Waals surface area (Å²) in [6, 6.07) is 5.24. The highest BCUT2D eigenvalue weighted by atomic mass is 35.5. The van der Waals surface area contributed by atoms with Crippen molar-refractivity contribution in [2.45, 2.75) is 33.4 Å². The lowest BCUT2D eigenvalue weighted by atomic mass is 10.1. The van der Waals surface area contributed by atoms with Gasteiger partial charge in [0.05, 0.1) is 11.7 Å². The zero-order valence-electron chi connectivity index (χ0n) is 12.7. The summed E-state index contributed by atoms with van der Waals surface area (Å²) < 4.78 is 5.45. The van der Waals surface area contributed by atoms with Crippen molar-refractivity contribution in [1.29, 1.82) is 0 Å². The second kappa shape index (κ2) is 7.03. The van der Waals surface area contributed by atoms with Crippen LogP contribution < -0.4 is 11.1 Å². The molecule has 1 unspecified atom stereocenters. The van der Waals surface area contributed by atoms with Gasteiger partial charge in [0, 0.05) is 10.0 Å². The maximum atomic E-state index is 6.17. The summed E-state index contributed by atoms with van der Waals surface area (Å²) in [5.41, 5.74) is 7.64. The Kier molecular flexibility index (Phi) is 5.32. The minimum Gasteiger partial charge on any atom is -0.444 e. The van der Waals surface area contributed by atoms with Crippen molar-refractivity contribution in [2.75, 3.05) is 0 Å². The van der Waals surface area contributed by atoms with E-state index in [0.717, 1.165) is 17.0 Å². The molecule has 0 saturated heterocycles. The number of benzene rings is 1. The first kappa shape index (κ1) is 16.6. The summed E-state index contributed by atoms with van der Waals surface area (Å²) in [5.74, 6) is 1.63. The van der Waals surface area contributed by atoms with Crippen LogP contribution in [0.5, 0.6) is 0 Å². The van der Waals surface area contributed by atoms with Gasteiger partial charge >= 0.3 is 0 Å². The van der Waals surface area contributed by atoms with Crippen LogP contribution in [-0.2, 0) is 6.54 Å². The number of aryl methyl sites for hydroxylation is 2. The Hall–Kier alpha value is -1.72. The number of guanidine groups is 1. The first-order valence-electron chi connectivity index (χ1n) is 6.81. The van der Waals surface area contributed by atoms with Crippen molar-refractivity contribution in [1.82, 2.24) is 10.3 Å². The monoisotopic (exact) mass is 340 g/mol. The maximum Gasteiger partial charge on any atom is 0.216 e. The molecule has 118 valence electrons. The highest BCUT2D eigenvalue weighted by molar-refractivity contribution is 6.35. The van der Waals surface area contributed by atoms with Gasteiger partial charge in [-0.15, -0.1) is 0 Å². The molecule has 1 aromatic carbocycles. The minimum absolute atomic E-state index is 0.0958. The number of oxazole rings is 1. The normalized spacial score (nSPS) is 13.2. The summed E-state index contributed by atoms with van der Waals surface area (Å²) >= 11 is 12.1. The Labute approximate surface area is 139 Å². The van der Waals surface area contributed by atoms with Crippen LogP contribution in [0.25, 0.3) is 0 Å². The lowest BCUT2D eigenvalue weighted by Crippen LogP contribution is -2.34. The second-order valence-corrected chi connectivity index (χ2v) is 5.83. The molecule has 1 aromatic heterocycles. The summed E-state index contributed by atoms with van der Waals surface area (Å²) in [5, 5.41) is 4.26. The van der Waals surface area contributed by atoms with Gasteiger partial charge in [-0.2, -0.15) is 0 Å². The Balaban J connectivity index is 2.01. The van der Waals surface area contributed by atoms with Gasteiger partial charge in [0.1, 0.15) is 12.3 Å². The van der Waals surface area contributed by atoms with E-state index in [1.807, 2.05) is 26.8 Å². The largest absolute Gasteiger partial charge is 0.444 e. The molecule has 0 aliphatic heterocycles. The van der Waals surface area contributed by atoms with E-state index in [2.05, 4.69) is 15.3 Å². The number of nitrogens with zero attached hydrogens (tertiary/aromatic N) is 2. The number of nitrogens with two attached hydrogens (primary N) is 1. The standard InChI is InChI=1S/C15H18Cl2N4O/c1-8-10(3)22-14(20-8)7-19-15(18)21-9(2)12-5-4-11(16)6-13(12)17/h4-6,9H,7H2,1-3H3,(H3,18,19,21). The van der Waals surface area contributed by atoms with Gasteiger partial charge in [0.15, 0.2) is 5.96 Å². The van der Waals surface area contributed by atoms with Crippen molar-refractivity contribution in [2.24, 2.45) is 10.7 Å². The van der Waals surface area contributed by atoms with E-state index in [1.54, 1.807) is 12.1 Å². The van der Waals surface area contributed by atoms with Crippen LogP contribution in [0.1, 0.15) is 35.9 Å². The van der Waals surface area contributed by atoms with Crippen molar-refractivity contribution in [3.63, 3.8) is 0 Å². The topological polar surface area (TPSA) is 76.4 Å². The minimum atomic E-state index is -0.0958. The van der Waals surface area contributed by atoms with E-state index < -0.39 is 0 Å². The first-order chi connectivity index (χ1) is 10.4. The average Bonchev–Trinajstić information content (AvgIpc) is 2.75. The molecule has 22 heavy (non-hydrogen) atoms. The second-order valence-electron chi connectivity index (χ2n) is 4.98. The van der Waals surface area contributed by atoms with Gasteiger partial charge in [0.25, 0.3) is 0 Å². The van der Waals surface area contributed by atoms with Crippen LogP contribution in [0.2, 0.25) is 10.0 Å². The summed E-state index contributed by atoms with van der Waals surface area (Å²) in [4.78, 5) is 8.47. The van der Waals surface area contributed by atoms with Crippen molar-refractivity contribution in [3.05, 3.63) is 51.2 Å². The molecule has 1 heterocycles. The van der Waals surface area contributed by atoms with Gasteiger partial charge in [0.2, 0.25) is 5.89 Å². The molecule has 7 heteroatoms. The van der Waals surface area contributed by atoms with Gasteiger partial charge in [-0.1, -0.05) is 29.3 Å². The molecule has 3 N–H and O–H groups in total. The third kappa shape index (κ3) is 4.15. The molecule has 5 nitrogen and oxygen atoms in total. The molecular weight excluding hydrogens is 323 g/mol. The number of aromatic nitrogens is 1.